The summed E-state index contributed by atoms with van der Waals surface area (Å²) in [5.41, 5.74) is -1.94. The average molecular weight is 355 g/mol. The van der Waals surface area contributed by atoms with Crippen molar-refractivity contribution in [2.45, 2.75) is 6.42 Å². The van der Waals surface area contributed by atoms with E-state index in [9.17, 15) is 19.5 Å². The number of amides is 1. The molecule has 0 bridgehead atoms. The summed E-state index contributed by atoms with van der Waals surface area (Å²) >= 11 is 0. The Labute approximate surface area is 143 Å². The number of carbonyl (C=O) groups is 2. The Morgan fingerprint density at radius 1 is 1.20 bits per heavy atom. The van der Waals surface area contributed by atoms with Crippen LogP contribution in [0.25, 0.3) is 0 Å². The molecule has 10 heteroatoms. The number of pyridine rings is 1. The van der Waals surface area contributed by atoms with Crippen molar-refractivity contribution < 1.29 is 29.3 Å². The van der Waals surface area contributed by atoms with E-state index >= 15 is 0 Å². The third-order valence-corrected chi connectivity index (χ3v) is 3.85. The van der Waals surface area contributed by atoms with Crippen molar-refractivity contribution in [2.24, 2.45) is 0 Å². The summed E-state index contributed by atoms with van der Waals surface area (Å²) in [6.07, 6.45) is 1.68. The number of aromatic nitrogens is 1. The first-order valence-electron chi connectivity index (χ1n) is 7.66. The first-order chi connectivity index (χ1) is 11.9. The molecule has 25 heavy (non-hydrogen) atoms. The standard InChI is InChI=1S/C15H21N3O7/c1-24-6-3-4-17-9-16(5-7-25-2)14(21)11-13(20)12(19)10(15(22)23)8-18(11)17/h8,20H,3-7,9H2,1-2H3,(H,22,23). The molecule has 0 unspecified atom stereocenters. The number of rotatable bonds is 8. The van der Waals surface area contributed by atoms with Gasteiger partial charge in [0, 0.05) is 40.1 Å². The number of nitrogens with zero attached hydrogens (tertiary/aromatic N) is 3. The molecule has 0 fully saturated rings. The second-order valence-corrected chi connectivity index (χ2v) is 5.50. The number of carboxylic acid groups (broad SMARTS) is 1. The predicted molar refractivity (Wildman–Crippen MR) is 86.7 cm³/mol. The van der Waals surface area contributed by atoms with Crippen LogP contribution in [0.5, 0.6) is 5.75 Å². The van der Waals surface area contributed by atoms with Crippen molar-refractivity contribution in [3.8, 4) is 5.75 Å². The van der Waals surface area contributed by atoms with Gasteiger partial charge in [-0.15, -0.1) is 0 Å². The largest absolute Gasteiger partial charge is 0.502 e. The zero-order valence-electron chi connectivity index (χ0n) is 14.1. The van der Waals surface area contributed by atoms with Crippen LogP contribution in [-0.2, 0) is 9.47 Å². The SMILES string of the molecule is COCCCN1CN(CCOC)C(=O)c2c(O)c(=O)c(C(=O)O)cn21. The zero-order chi connectivity index (χ0) is 18.6. The lowest BCUT2D eigenvalue weighted by molar-refractivity contribution is 0.0612. The van der Waals surface area contributed by atoms with Crippen LogP contribution in [0.4, 0.5) is 0 Å². The van der Waals surface area contributed by atoms with Gasteiger partial charge >= 0.3 is 5.97 Å². The maximum absolute atomic E-state index is 12.6. The van der Waals surface area contributed by atoms with Crippen LogP contribution < -0.4 is 10.4 Å². The highest BCUT2D eigenvalue weighted by molar-refractivity contribution is 5.97. The molecule has 1 aromatic heterocycles. The van der Waals surface area contributed by atoms with E-state index in [0.29, 0.717) is 19.6 Å². The number of aromatic hydroxyl groups is 1. The van der Waals surface area contributed by atoms with Crippen molar-refractivity contribution in [2.75, 3.05) is 52.2 Å². The highest BCUT2D eigenvalue weighted by Crippen LogP contribution is 2.21. The Bertz CT molecular complexity index is 716. The molecule has 0 spiro atoms. The molecule has 0 saturated carbocycles. The van der Waals surface area contributed by atoms with Gasteiger partial charge < -0.3 is 24.6 Å². The quantitative estimate of drug-likeness (QED) is 0.586. The van der Waals surface area contributed by atoms with Gasteiger partial charge in [0.2, 0.25) is 5.43 Å². The van der Waals surface area contributed by atoms with Gasteiger partial charge in [-0.2, -0.15) is 0 Å². The van der Waals surface area contributed by atoms with Crippen molar-refractivity contribution in [3.05, 3.63) is 27.7 Å². The fourth-order valence-corrected chi connectivity index (χ4v) is 2.59. The van der Waals surface area contributed by atoms with Crippen LogP contribution in [-0.4, -0.2) is 78.9 Å². The molecule has 2 rings (SSSR count). The lowest BCUT2D eigenvalue weighted by Crippen LogP contribution is -2.55. The summed E-state index contributed by atoms with van der Waals surface area (Å²) in [5.74, 6) is -2.91. The Hall–Kier alpha value is -2.59. The molecule has 0 radical (unpaired) electrons. The summed E-state index contributed by atoms with van der Waals surface area (Å²) in [6.45, 7) is 1.62. The minimum absolute atomic E-state index is 0.167. The second-order valence-electron chi connectivity index (χ2n) is 5.50. The highest BCUT2D eigenvalue weighted by Gasteiger charge is 2.33. The van der Waals surface area contributed by atoms with Crippen LogP contribution in [0, 0.1) is 0 Å². The van der Waals surface area contributed by atoms with Crippen molar-refractivity contribution in [1.29, 1.82) is 0 Å². The number of fused-ring (bicyclic) bond motifs is 1. The summed E-state index contributed by atoms with van der Waals surface area (Å²) in [5, 5.41) is 21.0. The van der Waals surface area contributed by atoms with Crippen LogP contribution in [0.2, 0.25) is 0 Å². The first-order valence-corrected chi connectivity index (χ1v) is 7.66. The van der Waals surface area contributed by atoms with Gasteiger partial charge in [0.15, 0.2) is 11.4 Å². The number of carboxylic acids is 1. The molecular weight excluding hydrogens is 334 g/mol. The van der Waals surface area contributed by atoms with Gasteiger partial charge in [-0.3, -0.25) is 19.3 Å². The van der Waals surface area contributed by atoms with E-state index in [1.54, 1.807) is 12.1 Å². The minimum Gasteiger partial charge on any atom is -0.502 e. The summed E-state index contributed by atoms with van der Waals surface area (Å²) in [6, 6.07) is 0. The minimum atomic E-state index is -1.47. The number of methoxy groups -OCH3 is 2. The number of hydrogen-bond donors (Lipinski definition) is 2. The van der Waals surface area contributed by atoms with Gasteiger partial charge in [-0.05, 0) is 6.42 Å². The van der Waals surface area contributed by atoms with E-state index in [1.165, 1.54) is 16.7 Å². The lowest BCUT2D eigenvalue weighted by Gasteiger charge is -2.39. The maximum atomic E-state index is 12.6. The lowest BCUT2D eigenvalue weighted by atomic mass is 10.2. The maximum Gasteiger partial charge on any atom is 0.341 e. The van der Waals surface area contributed by atoms with E-state index in [2.05, 4.69) is 0 Å². The fourth-order valence-electron chi connectivity index (χ4n) is 2.59. The molecule has 10 nitrogen and oxygen atoms in total. The third-order valence-electron chi connectivity index (χ3n) is 3.85. The van der Waals surface area contributed by atoms with E-state index in [-0.39, 0.29) is 25.5 Å². The van der Waals surface area contributed by atoms with Gasteiger partial charge in [0.25, 0.3) is 5.91 Å². The Morgan fingerprint density at radius 2 is 1.88 bits per heavy atom. The topological polar surface area (TPSA) is 122 Å². The summed E-state index contributed by atoms with van der Waals surface area (Å²) < 4.78 is 11.2. The van der Waals surface area contributed by atoms with Crippen molar-refractivity contribution in [3.63, 3.8) is 0 Å². The van der Waals surface area contributed by atoms with Crippen LogP contribution in [0.15, 0.2) is 11.0 Å². The molecule has 1 aliphatic rings. The van der Waals surface area contributed by atoms with Crippen LogP contribution in [0.1, 0.15) is 27.3 Å². The Morgan fingerprint density at radius 3 is 2.48 bits per heavy atom. The molecule has 1 aromatic rings. The van der Waals surface area contributed by atoms with Gasteiger partial charge in [-0.25, -0.2) is 4.79 Å². The molecule has 2 N–H and O–H groups in total. The number of aromatic carboxylic acids is 1. The molecule has 2 heterocycles. The second kappa shape index (κ2) is 7.99. The number of carbonyl (C=O) groups excluding carboxylic acids is 1. The molecule has 0 aliphatic carbocycles. The fraction of sp³-hybridized carbons (Fsp3) is 0.533. The molecular formula is C15H21N3O7. The molecule has 1 aliphatic heterocycles. The van der Waals surface area contributed by atoms with Gasteiger partial charge in [0.1, 0.15) is 12.2 Å². The van der Waals surface area contributed by atoms with E-state index in [4.69, 9.17) is 14.6 Å². The first kappa shape index (κ1) is 18.7. The van der Waals surface area contributed by atoms with Gasteiger partial charge in [-0.1, -0.05) is 0 Å². The predicted octanol–water partition coefficient (Wildman–Crippen LogP) is -0.714. The van der Waals surface area contributed by atoms with Gasteiger partial charge in [0.05, 0.1) is 6.61 Å². The Kier molecular flexibility index (Phi) is 5.99. The highest BCUT2D eigenvalue weighted by atomic mass is 16.5. The molecule has 0 aromatic carbocycles. The van der Waals surface area contributed by atoms with Crippen molar-refractivity contribution >= 4 is 11.9 Å². The van der Waals surface area contributed by atoms with Crippen LogP contribution >= 0.6 is 0 Å². The van der Waals surface area contributed by atoms with E-state index < -0.39 is 28.6 Å². The van der Waals surface area contributed by atoms with Crippen LogP contribution in [0.3, 0.4) is 0 Å². The summed E-state index contributed by atoms with van der Waals surface area (Å²) in [7, 11) is 3.06. The zero-order valence-corrected chi connectivity index (χ0v) is 14.1. The Balaban J connectivity index is 2.50. The number of ether oxygens (including phenoxy) is 2. The molecule has 1 amide bonds. The normalized spacial score (nSPS) is 13.9. The third kappa shape index (κ3) is 3.74. The number of hydrogen-bond acceptors (Lipinski definition) is 7. The molecule has 0 atom stereocenters. The summed E-state index contributed by atoms with van der Waals surface area (Å²) in [4.78, 5) is 37.3. The monoisotopic (exact) mass is 355 g/mol. The van der Waals surface area contributed by atoms with E-state index in [0.717, 1.165) is 6.20 Å². The smallest absolute Gasteiger partial charge is 0.341 e. The van der Waals surface area contributed by atoms with Crippen molar-refractivity contribution in [1.82, 2.24) is 9.58 Å². The molecule has 138 valence electrons. The molecule has 0 saturated heterocycles. The van der Waals surface area contributed by atoms with E-state index in [1.807, 2.05) is 0 Å². The average Bonchev–Trinajstić information content (AvgIpc) is 2.58.